The summed E-state index contributed by atoms with van der Waals surface area (Å²) in [5.74, 6) is 0.0475. The van der Waals surface area contributed by atoms with E-state index in [1.54, 1.807) is 6.54 Å². The van der Waals surface area contributed by atoms with Crippen molar-refractivity contribution >= 4 is 5.91 Å². The molecule has 0 atom stereocenters. The molecule has 2 N–H and O–H groups in total. The molecular formula is C4H7N2O. The smallest absolute Gasteiger partial charge is 0.234 e. The second-order valence-corrected chi connectivity index (χ2v) is 1.40. The van der Waals surface area contributed by atoms with E-state index < -0.39 is 0 Å². The first-order chi connectivity index (χ1) is 3.39. The first kappa shape index (κ1) is 4.59. The van der Waals surface area contributed by atoms with Crippen LogP contribution in [0, 0.1) is 6.54 Å². The third kappa shape index (κ3) is 1.16. The lowest BCUT2D eigenvalue weighted by molar-refractivity contribution is -0.120. The van der Waals surface area contributed by atoms with Gasteiger partial charge in [-0.2, -0.15) is 0 Å². The zero-order valence-corrected chi connectivity index (χ0v) is 3.90. The third-order valence-corrected chi connectivity index (χ3v) is 0.795. The highest BCUT2D eigenvalue weighted by molar-refractivity contribution is 5.79. The predicted octanol–water partition coefficient (Wildman–Crippen LogP) is -1.13. The van der Waals surface area contributed by atoms with Crippen molar-refractivity contribution in [2.24, 2.45) is 0 Å². The minimum Gasteiger partial charge on any atom is -0.349 e. The molecule has 3 heteroatoms. The summed E-state index contributed by atoms with van der Waals surface area (Å²) in [4.78, 5) is 10.3. The molecule has 0 aromatic heterocycles. The Labute approximate surface area is 42.1 Å². The van der Waals surface area contributed by atoms with Gasteiger partial charge in [-0.25, -0.2) is 0 Å². The molecule has 1 fully saturated rings. The van der Waals surface area contributed by atoms with E-state index >= 15 is 0 Å². The van der Waals surface area contributed by atoms with Gasteiger partial charge < -0.3 is 10.6 Å². The Morgan fingerprint density at radius 3 is 2.86 bits per heavy atom. The van der Waals surface area contributed by atoms with Crippen LogP contribution in [0.3, 0.4) is 0 Å². The second-order valence-electron chi connectivity index (χ2n) is 1.40. The van der Waals surface area contributed by atoms with Crippen LogP contribution in [0.25, 0.3) is 0 Å². The summed E-state index contributed by atoms with van der Waals surface area (Å²) in [5.41, 5.74) is 0. The van der Waals surface area contributed by atoms with E-state index in [2.05, 4.69) is 10.6 Å². The Hall–Kier alpha value is -0.570. The van der Waals surface area contributed by atoms with Crippen LogP contribution in [0.15, 0.2) is 0 Å². The number of nitrogens with one attached hydrogen (secondary N) is 2. The molecule has 0 saturated carbocycles. The summed E-state index contributed by atoms with van der Waals surface area (Å²) in [7, 11) is 0. The molecule has 1 aliphatic heterocycles. The monoisotopic (exact) mass is 99.1 g/mol. The minimum absolute atomic E-state index is 0.0475. The Kier molecular flexibility index (Phi) is 1.26. The van der Waals surface area contributed by atoms with Crippen molar-refractivity contribution in [2.45, 2.75) is 0 Å². The van der Waals surface area contributed by atoms with Gasteiger partial charge in [0.1, 0.15) is 0 Å². The maximum Gasteiger partial charge on any atom is 0.234 e. The van der Waals surface area contributed by atoms with E-state index in [0.717, 1.165) is 6.54 Å². The molecule has 1 saturated heterocycles. The second kappa shape index (κ2) is 1.93. The van der Waals surface area contributed by atoms with Crippen molar-refractivity contribution in [1.82, 2.24) is 10.6 Å². The first-order valence-electron chi connectivity index (χ1n) is 2.21. The summed E-state index contributed by atoms with van der Waals surface area (Å²) in [6.07, 6.45) is 0. The Morgan fingerprint density at radius 2 is 2.57 bits per heavy atom. The molecule has 1 heterocycles. The molecule has 0 unspecified atom stereocenters. The van der Waals surface area contributed by atoms with Gasteiger partial charge in [0.25, 0.3) is 0 Å². The van der Waals surface area contributed by atoms with Gasteiger partial charge in [0.2, 0.25) is 5.91 Å². The molecule has 7 heavy (non-hydrogen) atoms. The van der Waals surface area contributed by atoms with E-state index in [-0.39, 0.29) is 5.91 Å². The van der Waals surface area contributed by atoms with Crippen LogP contribution in [-0.4, -0.2) is 19.0 Å². The van der Waals surface area contributed by atoms with Gasteiger partial charge in [0.05, 0.1) is 13.1 Å². The van der Waals surface area contributed by atoms with E-state index in [9.17, 15) is 4.79 Å². The molecule has 0 aromatic rings. The quantitative estimate of drug-likeness (QED) is 0.403. The molecule has 0 spiro atoms. The fraction of sp³-hybridized carbons (Fsp3) is 0.500. The Balaban J connectivity index is 2.25. The van der Waals surface area contributed by atoms with Crippen molar-refractivity contribution in [3.63, 3.8) is 0 Å². The van der Waals surface area contributed by atoms with Crippen molar-refractivity contribution in [2.75, 3.05) is 13.1 Å². The number of carbonyl (C=O) groups excluding carboxylic acids is 1. The van der Waals surface area contributed by atoms with Crippen molar-refractivity contribution in [3.05, 3.63) is 6.54 Å². The summed E-state index contributed by atoms with van der Waals surface area (Å²) in [6, 6.07) is 0. The lowest BCUT2D eigenvalue weighted by Gasteiger charge is -2.10. The molecule has 0 aliphatic carbocycles. The molecular weight excluding hydrogens is 92.1 g/mol. The van der Waals surface area contributed by atoms with E-state index in [1.165, 1.54) is 0 Å². The van der Waals surface area contributed by atoms with Crippen molar-refractivity contribution in [1.29, 1.82) is 0 Å². The van der Waals surface area contributed by atoms with Crippen LogP contribution < -0.4 is 10.6 Å². The molecule has 0 bridgehead atoms. The van der Waals surface area contributed by atoms with Gasteiger partial charge in [-0.15, -0.1) is 0 Å². The fourth-order valence-corrected chi connectivity index (χ4v) is 0.474. The molecule has 1 rings (SSSR count). The Morgan fingerprint density at radius 1 is 1.71 bits per heavy atom. The number of hydrogen-bond acceptors (Lipinski definition) is 2. The number of piperazine rings is 1. The van der Waals surface area contributed by atoms with Crippen molar-refractivity contribution < 1.29 is 4.79 Å². The third-order valence-electron chi connectivity index (χ3n) is 0.795. The zero-order chi connectivity index (χ0) is 5.11. The van der Waals surface area contributed by atoms with Crippen LogP contribution in [0.1, 0.15) is 0 Å². The summed E-state index contributed by atoms with van der Waals surface area (Å²) in [6.45, 7) is 2.94. The summed E-state index contributed by atoms with van der Waals surface area (Å²) < 4.78 is 0. The van der Waals surface area contributed by atoms with E-state index in [4.69, 9.17) is 0 Å². The summed E-state index contributed by atoms with van der Waals surface area (Å²) >= 11 is 0. The van der Waals surface area contributed by atoms with Crippen LogP contribution >= 0.6 is 0 Å². The molecule has 39 valence electrons. The molecule has 0 aromatic carbocycles. The highest BCUT2D eigenvalue weighted by atomic mass is 16.2. The van der Waals surface area contributed by atoms with Gasteiger partial charge in [-0.3, -0.25) is 4.79 Å². The van der Waals surface area contributed by atoms with Crippen LogP contribution in [0.2, 0.25) is 0 Å². The topological polar surface area (TPSA) is 41.1 Å². The standard InChI is InChI=1S/C4H7N2O/c7-4-3-5-1-2-6-4/h2,5H,1,3H2,(H,6,7). The molecule has 1 aliphatic rings. The normalized spacial score (nSPS) is 21.4. The zero-order valence-electron chi connectivity index (χ0n) is 3.90. The largest absolute Gasteiger partial charge is 0.349 e. The minimum atomic E-state index is 0.0475. The average molecular weight is 99.1 g/mol. The van der Waals surface area contributed by atoms with Crippen LogP contribution in [0.4, 0.5) is 0 Å². The number of amides is 1. The predicted molar refractivity (Wildman–Crippen MR) is 25.3 cm³/mol. The highest BCUT2D eigenvalue weighted by Crippen LogP contribution is 1.74. The van der Waals surface area contributed by atoms with Gasteiger partial charge in [-0.05, 0) is 0 Å². The highest BCUT2D eigenvalue weighted by Gasteiger charge is 2.03. The maximum atomic E-state index is 10.3. The van der Waals surface area contributed by atoms with Gasteiger partial charge in [-0.1, -0.05) is 0 Å². The van der Waals surface area contributed by atoms with Crippen LogP contribution in [0.5, 0.6) is 0 Å². The van der Waals surface area contributed by atoms with Gasteiger partial charge in [0.15, 0.2) is 0 Å². The van der Waals surface area contributed by atoms with E-state index in [0.29, 0.717) is 6.54 Å². The molecule has 3 nitrogen and oxygen atoms in total. The van der Waals surface area contributed by atoms with Gasteiger partial charge in [0, 0.05) is 6.54 Å². The SMILES string of the molecule is O=C1CNC[CH]N1. The fourth-order valence-electron chi connectivity index (χ4n) is 0.474. The lowest BCUT2D eigenvalue weighted by atomic mass is 10.4. The summed E-state index contributed by atoms with van der Waals surface area (Å²) in [5, 5.41) is 5.42. The van der Waals surface area contributed by atoms with Gasteiger partial charge >= 0.3 is 0 Å². The number of carbonyl (C=O) groups is 1. The van der Waals surface area contributed by atoms with Crippen LogP contribution in [-0.2, 0) is 4.79 Å². The average Bonchev–Trinajstić information content (AvgIpc) is 1.69. The molecule has 1 radical (unpaired) electrons. The Bertz CT molecular complexity index is 73.8. The maximum absolute atomic E-state index is 10.3. The lowest BCUT2D eigenvalue weighted by Crippen LogP contribution is -2.41. The van der Waals surface area contributed by atoms with E-state index in [1.807, 2.05) is 0 Å². The first-order valence-corrected chi connectivity index (χ1v) is 2.21. The van der Waals surface area contributed by atoms with Crippen molar-refractivity contribution in [3.8, 4) is 0 Å². The number of rotatable bonds is 0. The molecule has 1 amide bonds. The number of hydrogen-bond donors (Lipinski definition) is 2.